The van der Waals surface area contributed by atoms with Crippen molar-refractivity contribution in [2.45, 2.75) is 0 Å². The van der Waals surface area contributed by atoms with Gasteiger partial charge in [0.25, 0.3) is 12.3 Å². The Hall–Kier alpha value is 0.540. The summed E-state index contributed by atoms with van der Waals surface area (Å²) in [7, 11) is 0. The molecule has 0 rings (SSSR count). The van der Waals surface area contributed by atoms with E-state index in [0.717, 1.165) is 0 Å². The van der Waals surface area contributed by atoms with E-state index in [1.54, 1.807) is 0 Å². The maximum atomic E-state index is 9.15. The zero-order valence-electron chi connectivity index (χ0n) is 5.45. The molecule has 46 valence electrons. The molecule has 0 N–H and O–H groups in total. The minimum Gasteiger partial charge on any atom is -0.424 e. The Morgan fingerprint density at radius 2 is 1.10 bits per heavy atom. The van der Waals surface area contributed by atoms with Crippen LogP contribution in [-0.2, 0) is 9.78 Å². The molecule has 0 bridgehead atoms. The summed E-state index contributed by atoms with van der Waals surface area (Å²) in [4.78, 5) is 24.2. The van der Waals surface area contributed by atoms with E-state index in [1.165, 1.54) is 0 Å². The fraction of sp³-hybridized carbons (Fsp3) is 0. The van der Waals surface area contributed by atoms with Crippen molar-refractivity contribution in [3.05, 3.63) is 0 Å². The molecule has 10 heavy (non-hydrogen) atoms. The third-order valence-electron chi connectivity index (χ3n) is 0.178. The molecule has 0 aromatic heterocycles. The van der Waals surface area contributed by atoms with Crippen molar-refractivity contribution >= 4 is 12.3 Å². The van der Waals surface area contributed by atoms with Crippen molar-refractivity contribution < 1.29 is 88.7 Å². The number of rotatable bonds is 0. The van der Waals surface area contributed by atoms with Crippen LogP contribution in [0.25, 0.3) is 0 Å². The Kier molecular flexibility index (Phi) is 16.1. The summed E-state index contributed by atoms with van der Waals surface area (Å²) in [5, 5.41) is 18.3. The van der Waals surface area contributed by atoms with E-state index >= 15 is 0 Å². The summed E-state index contributed by atoms with van der Waals surface area (Å²) < 4.78 is 0. The van der Waals surface area contributed by atoms with Crippen LogP contribution in [0.3, 0.4) is 0 Å². The zero-order valence-corrected chi connectivity index (χ0v) is 9.45. The molecular weight excluding hydrogens is 166 g/mol. The van der Waals surface area contributed by atoms with E-state index in [1.807, 2.05) is 0 Å². The van der Waals surface area contributed by atoms with Crippen molar-refractivity contribution in [3.8, 4) is 0 Å². The van der Waals surface area contributed by atoms with Gasteiger partial charge in [-0.1, -0.05) is 0 Å². The van der Waals surface area contributed by atoms with Gasteiger partial charge in [0.05, 0.1) is 0 Å². The van der Waals surface area contributed by atoms with Crippen LogP contribution in [-0.4, -0.2) is 12.3 Å². The molecule has 0 aliphatic carbocycles. The first-order valence-electron chi connectivity index (χ1n) is 1.39. The third kappa shape index (κ3) is 15.8. The first-order chi connectivity index (χ1) is 3.63. The summed E-state index contributed by atoms with van der Waals surface area (Å²) in [5.74, 6) is 0. The van der Waals surface area contributed by atoms with Gasteiger partial charge in [-0.2, -0.15) is 0 Å². The minimum absolute atomic E-state index is 0. The van der Waals surface area contributed by atoms with Crippen molar-refractivity contribution in [1.29, 1.82) is 0 Å². The molecular formula is C2Na2O6. The topological polar surface area (TPSA) is 98.7 Å². The summed E-state index contributed by atoms with van der Waals surface area (Å²) in [6, 6.07) is 0. The summed E-state index contributed by atoms with van der Waals surface area (Å²) in [5.41, 5.74) is 0. The molecule has 0 spiro atoms. The first-order valence-corrected chi connectivity index (χ1v) is 1.39. The summed E-state index contributed by atoms with van der Waals surface area (Å²) in [6.45, 7) is 0. The van der Waals surface area contributed by atoms with Crippen LogP contribution in [0.5, 0.6) is 0 Å². The Morgan fingerprint density at radius 1 is 0.900 bits per heavy atom. The van der Waals surface area contributed by atoms with E-state index in [4.69, 9.17) is 19.8 Å². The SMILES string of the molecule is O=C([O-])OOC(=O)[O-].[Na+].[Na+]. The molecule has 0 heterocycles. The number of carboxylic acid groups (broad SMARTS) is 2. The predicted octanol–water partition coefficient (Wildman–Crippen LogP) is -8.37. The molecule has 0 radical (unpaired) electrons. The van der Waals surface area contributed by atoms with E-state index in [-0.39, 0.29) is 59.1 Å². The standard InChI is InChI=1S/C2H2O6.2Na/c3-1(4)7-8-2(5)6;;/h(H,3,4)(H,5,6);;/q;2*+1/p-2. The van der Waals surface area contributed by atoms with Crippen LogP contribution in [0.1, 0.15) is 0 Å². The van der Waals surface area contributed by atoms with Crippen LogP contribution in [0.2, 0.25) is 0 Å². The van der Waals surface area contributed by atoms with Gasteiger partial charge >= 0.3 is 59.1 Å². The molecule has 0 aromatic carbocycles. The maximum absolute atomic E-state index is 9.15. The average Bonchev–Trinajstić information content (AvgIpc) is 1.61. The summed E-state index contributed by atoms with van der Waals surface area (Å²) >= 11 is 0. The minimum atomic E-state index is -2.09. The first kappa shape index (κ1) is 16.9. The maximum Gasteiger partial charge on any atom is 1.00 e. The molecule has 0 atom stereocenters. The van der Waals surface area contributed by atoms with E-state index in [9.17, 15) is 0 Å². The second-order valence-corrected chi connectivity index (χ2v) is 0.667. The summed E-state index contributed by atoms with van der Waals surface area (Å²) in [6.07, 6.45) is -4.18. The van der Waals surface area contributed by atoms with Gasteiger partial charge < -0.3 is 29.6 Å². The number of hydrogen-bond acceptors (Lipinski definition) is 6. The van der Waals surface area contributed by atoms with Crippen LogP contribution in [0, 0.1) is 0 Å². The van der Waals surface area contributed by atoms with Crippen LogP contribution < -0.4 is 69.3 Å². The van der Waals surface area contributed by atoms with Crippen LogP contribution in [0.4, 0.5) is 9.59 Å². The predicted molar refractivity (Wildman–Crippen MR) is 13.0 cm³/mol. The monoisotopic (exact) mass is 166 g/mol. The number of carbonyl (C=O) groups is 2. The molecule has 0 aliphatic rings. The molecule has 8 heteroatoms. The Balaban J connectivity index is -0.000000245. The molecule has 0 aromatic rings. The van der Waals surface area contributed by atoms with Gasteiger partial charge in [-0.05, 0) is 0 Å². The molecule has 0 saturated carbocycles. The molecule has 0 amide bonds. The van der Waals surface area contributed by atoms with Gasteiger partial charge in [0.2, 0.25) is 0 Å². The van der Waals surface area contributed by atoms with Gasteiger partial charge in [-0.15, -0.1) is 0 Å². The Labute approximate surface area is 100.0 Å². The second kappa shape index (κ2) is 9.54. The molecule has 0 saturated heterocycles. The van der Waals surface area contributed by atoms with E-state index < -0.39 is 12.3 Å². The smallest absolute Gasteiger partial charge is 0.424 e. The normalized spacial score (nSPS) is 6.00. The van der Waals surface area contributed by atoms with Gasteiger partial charge in [0, 0.05) is 0 Å². The van der Waals surface area contributed by atoms with E-state index in [0.29, 0.717) is 0 Å². The molecule has 6 nitrogen and oxygen atoms in total. The van der Waals surface area contributed by atoms with Crippen LogP contribution >= 0.6 is 0 Å². The largest absolute Gasteiger partial charge is 1.00 e. The zero-order chi connectivity index (χ0) is 6.57. The van der Waals surface area contributed by atoms with Gasteiger partial charge in [0.15, 0.2) is 0 Å². The Bertz CT molecular complexity index is 98.3. The fourth-order valence-corrected chi connectivity index (χ4v) is 0.0680. The average molecular weight is 166 g/mol. The van der Waals surface area contributed by atoms with Crippen molar-refractivity contribution in [2.24, 2.45) is 0 Å². The Morgan fingerprint density at radius 3 is 1.20 bits per heavy atom. The van der Waals surface area contributed by atoms with Crippen molar-refractivity contribution in [3.63, 3.8) is 0 Å². The van der Waals surface area contributed by atoms with Crippen molar-refractivity contribution in [2.75, 3.05) is 0 Å². The van der Waals surface area contributed by atoms with E-state index in [2.05, 4.69) is 9.78 Å². The second-order valence-electron chi connectivity index (χ2n) is 0.667. The van der Waals surface area contributed by atoms with Crippen molar-refractivity contribution in [1.82, 2.24) is 0 Å². The number of hydrogen-bond donors (Lipinski definition) is 0. The number of carbonyl (C=O) groups excluding carboxylic acids is 2. The molecule has 0 aliphatic heterocycles. The van der Waals surface area contributed by atoms with Gasteiger partial charge in [-0.3, -0.25) is 0 Å². The molecule has 0 fully saturated rings. The molecule has 0 unspecified atom stereocenters. The van der Waals surface area contributed by atoms with Gasteiger partial charge in [-0.25, -0.2) is 0 Å². The quantitative estimate of drug-likeness (QED) is 0.201. The third-order valence-corrected chi connectivity index (χ3v) is 0.178. The van der Waals surface area contributed by atoms with Crippen LogP contribution in [0.15, 0.2) is 0 Å². The fourth-order valence-electron chi connectivity index (χ4n) is 0.0680. The van der Waals surface area contributed by atoms with Gasteiger partial charge in [0.1, 0.15) is 0 Å².